The lowest BCUT2D eigenvalue weighted by atomic mass is 9.99. The number of hydrogen-bond acceptors (Lipinski definition) is 12. The van der Waals surface area contributed by atoms with E-state index in [4.69, 9.17) is 23.7 Å². The molecule has 180 valence electrons. The molecule has 0 amide bonds. The molecule has 6 N–H and O–H groups in total. The average molecular weight is 460 g/mol. The van der Waals surface area contributed by atoms with Crippen LogP contribution in [0.5, 0.6) is 11.5 Å². The Kier molecular flexibility index (Phi) is 8.03. The summed E-state index contributed by atoms with van der Waals surface area (Å²) in [7, 11) is 1.42. The van der Waals surface area contributed by atoms with Crippen LogP contribution in [0.4, 0.5) is 0 Å². The Morgan fingerprint density at radius 2 is 1.69 bits per heavy atom. The van der Waals surface area contributed by atoms with Crippen LogP contribution in [0.15, 0.2) is 18.2 Å². The van der Waals surface area contributed by atoms with Crippen LogP contribution < -0.4 is 9.47 Å². The zero-order valence-electron chi connectivity index (χ0n) is 17.5. The number of ether oxygens (including phenoxy) is 5. The molecule has 2 fully saturated rings. The van der Waals surface area contributed by atoms with Crippen LogP contribution in [0.25, 0.3) is 0 Å². The molecular formula is C20H28O12. The first-order valence-electron chi connectivity index (χ1n) is 9.96. The first-order valence-corrected chi connectivity index (χ1v) is 9.96. The fourth-order valence-electron chi connectivity index (χ4n) is 3.41. The van der Waals surface area contributed by atoms with Crippen molar-refractivity contribution in [3.63, 3.8) is 0 Å². The van der Waals surface area contributed by atoms with Gasteiger partial charge in [-0.25, -0.2) is 0 Å². The van der Waals surface area contributed by atoms with Gasteiger partial charge in [-0.2, -0.15) is 0 Å². The number of carbonyl (C=O) groups excluding carboxylic acids is 1. The van der Waals surface area contributed by atoms with Gasteiger partial charge in [0.1, 0.15) is 54.2 Å². The maximum atomic E-state index is 11.9. The van der Waals surface area contributed by atoms with E-state index in [2.05, 4.69) is 0 Å². The lowest BCUT2D eigenvalue weighted by Crippen LogP contribution is -2.61. The number of Topliss-reactive ketones (excluding diaryl/α,β-unsaturated/α-hetero) is 1. The largest absolute Gasteiger partial charge is 0.497 e. The SMILES string of the molecule is COc1ccc(C(C)=O)c(OC2O[C@H](CO[C@@H]3OC[C@H](O)[C@H](O)[C@H]3O)[C@@H](O)[C@H](O)[C@H]2O)c1. The number of aliphatic hydroxyl groups excluding tert-OH is 6. The quantitative estimate of drug-likeness (QED) is 0.236. The molecule has 0 saturated carbocycles. The smallest absolute Gasteiger partial charge is 0.229 e. The average Bonchev–Trinajstić information content (AvgIpc) is 2.77. The van der Waals surface area contributed by atoms with E-state index in [0.29, 0.717) is 5.75 Å². The summed E-state index contributed by atoms with van der Waals surface area (Å²) in [5, 5.41) is 60.0. The van der Waals surface area contributed by atoms with Crippen molar-refractivity contribution >= 4 is 5.78 Å². The molecule has 9 atom stereocenters. The van der Waals surface area contributed by atoms with Crippen molar-refractivity contribution in [2.45, 2.75) is 62.2 Å². The van der Waals surface area contributed by atoms with Gasteiger partial charge < -0.3 is 54.3 Å². The molecule has 12 nitrogen and oxygen atoms in total. The number of rotatable bonds is 7. The van der Waals surface area contributed by atoms with Crippen molar-refractivity contribution in [3.05, 3.63) is 23.8 Å². The molecule has 2 heterocycles. The van der Waals surface area contributed by atoms with Gasteiger partial charge in [0.15, 0.2) is 12.1 Å². The molecule has 32 heavy (non-hydrogen) atoms. The van der Waals surface area contributed by atoms with E-state index in [1.54, 1.807) is 6.07 Å². The minimum atomic E-state index is -1.68. The Bertz CT molecular complexity index is 788. The number of benzene rings is 1. The van der Waals surface area contributed by atoms with Crippen molar-refractivity contribution in [2.75, 3.05) is 20.3 Å². The Hall–Kier alpha value is -1.87. The van der Waals surface area contributed by atoms with Crippen LogP contribution in [-0.2, 0) is 14.2 Å². The number of methoxy groups -OCH3 is 1. The molecule has 12 heteroatoms. The van der Waals surface area contributed by atoms with Crippen molar-refractivity contribution in [1.29, 1.82) is 0 Å². The lowest BCUT2D eigenvalue weighted by Gasteiger charge is -2.41. The highest BCUT2D eigenvalue weighted by Gasteiger charge is 2.46. The molecular weight excluding hydrogens is 432 g/mol. The lowest BCUT2D eigenvalue weighted by molar-refractivity contribution is -0.307. The predicted molar refractivity (Wildman–Crippen MR) is 104 cm³/mol. The molecule has 1 unspecified atom stereocenters. The van der Waals surface area contributed by atoms with E-state index in [0.717, 1.165) is 0 Å². The summed E-state index contributed by atoms with van der Waals surface area (Å²) in [6.07, 6.45) is -13.3. The topological polar surface area (TPSA) is 185 Å². The van der Waals surface area contributed by atoms with E-state index in [-0.39, 0.29) is 23.7 Å². The Balaban J connectivity index is 1.71. The first kappa shape index (κ1) is 24.8. The van der Waals surface area contributed by atoms with Gasteiger partial charge in [0, 0.05) is 6.07 Å². The highest BCUT2D eigenvalue weighted by molar-refractivity contribution is 5.97. The summed E-state index contributed by atoms with van der Waals surface area (Å²) >= 11 is 0. The van der Waals surface area contributed by atoms with Crippen LogP contribution in [0, 0.1) is 0 Å². The molecule has 0 spiro atoms. The molecule has 1 aromatic carbocycles. The molecule has 0 aliphatic carbocycles. The fourth-order valence-corrected chi connectivity index (χ4v) is 3.41. The van der Waals surface area contributed by atoms with E-state index >= 15 is 0 Å². The normalized spacial score (nSPS) is 37.7. The van der Waals surface area contributed by atoms with Gasteiger partial charge in [0.25, 0.3) is 0 Å². The maximum Gasteiger partial charge on any atom is 0.229 e. The second-order valence-corrected chi connectivity index (χ2v) is 7.63. The summed E-state index contributed by atoms with van der Waals surface area (Å²) in [6, 6.07) is 4.44. The van der Waals surface area contributed by atoms with Gasteiger partial charge in [-0.05, 0) is 19.1 Å². The first-order chi connectivity index (χ1) is 15.1. The van der Waals surface area contributed by atoms with Crippen LogP contribution in [0.2, 0.25) is 0 Å². The summed E-state index contributed by atoms with van der Waals surface area (Å²) < 4.78 is 26.8. The summed E-state index contributed by atoms with van der Waals surface area (Å²) in [5.74, 6) is 0.0878. The van der Waals surface area contributed by atoms with Crippen molar-refractivity contribution in [3.8, 4) is 11.5 Å². The molecule has 2 aliphatic rings. The summed E-state index contributed by atoms with van der Waals surface area (Å²) in [5.41, 5.74) is 0.182. The minimum Gasteiger partial charge on any atom is -0.497 e. The Morgan fingerprint density at radius 1 is 1.00 bits per heavy atom. The minimum absolute atomic E-state index is 0.0345. The van der Waals surface area contributed by atoms with Gasteiger partial charge in [0.2, 0.25) is 6.29 Å². The fraction of sp³-hybridized carbons (Fsp3) is 0.650. The molecule has 0 aromatic heterocycles. The van der Waals surface area contributed by atoms with Crippen LogP contribution in [-0.4, -0.2) is 112 Å². The highest BCUT2D eigenvalue weighted by Crippen LogP contribution is 2.30. The zero-order chi connectivity index (χ0) is 23.6. The monoisotopic (exact) mass is 460 g/mol. The summed E-state index contributed by atoms with van der Waals surface area (Å²) in [4.78, 5) is 11.9. The Morgan fingerprint density at radius 3 is 2.34 bits per heavy atom. The molecule has 0 radical (unpaired) electrons. The van der Waals surface area contributed by atoms with E-state index in [9.17, 15) is 35.4 Å². The standard InChI is InChI=1S/C20H28O12/c1-8(21)10-4-3-9(28-2)5-12(10)31-20-18(27)16(25)15(24)13(32-20)7-30-19-17(26)14(23)11(22)6-29-19/h3-5,11,13-20,22-27H,6-7H2,1-2H3/t11-,13+,14-,15+,16-,17+,18+,19-,20?/m0/s1. The second-order valence-electron chi connectivity index (χ2n) is 7.63. The predicted octanol–water partition coefficient (Wildman–Crippen LogP) is -2.46. The number of ketones is 1. The second kappa shape index (κ2) is 10.4. The van der Waals surface area contributed by atoms with Gasteiger partial charge in [-0.1, -0.05) is 0 Å². The molecule has 3 rings (SSSR count). The van der Waals surface area contributed by atoms with E-state index < -0.39 is 61.9 Å². The third kappa shape index (κ3) is 5.20. The molecule has 2 saturated heterocycles. The molecule has 0 bridgehead atoms. The van der Waals surface area contributed by atoms with E-state index in [1.807, 2.05) is 0 Å². The van der Waals surface area contributed by atoms with Crippen LogP contribution in [0.1, 0.15) is 17.3 Å². The molecule has 1 aromatic rings. The third-order valence-corrected chi connectivity index (χ3v) is 5.36. The third-order valence-electron chi connectivity index (χ3n) is 5.36. The van der Waals surface area contributed by atoms with Crippen molar-refractivity contribution in [1.82, 2.24) is 0 Å². The number of carbonyl (C=O) groups is 1. The maximum absolute atomic E-state index is 11.9. The number of hydrogen-bond donors (Lipinski definition) is 6. The van der Waals surface area contributed by atoms with Crippen molar-refractivity contribution in [2.24, 2.45) is 0 Å². The Labute approximate surface area is 183 Å². The zero-order valence-corrected chi connectivity index (χ0v) is 17.5. The van der Waals surface area contributed by atoms with Crippen molar-refractivity contribution < 1.29 is 59.1 Å². The van der Waals surface area contributed by atoms with Gasteiger partial charge in [0.05, 0.1) is 25.9 Å². The molecule has 2 aliphatic heterocycles. The van der Waals surface area contributed by atoms with Gasteiger partial charge in [-0.15, -0.1) is 0 Å². The number of aliphatic hydroxyl groups is 6. The van der Waals surface area contributed by atoms with Gasteiger partial charge >= 0.3 is 0 Å². The highest BCUT2D eigenvalue weighted by atomic mass is 16.7. The summed E-state index contributed by atoms with van der Waals surface area (Å²) in [6.45, 7) is 0.615. The van der Waals surface area contributed by atoms with E-state index in [1.165, 1.54) is 26.2 Å². The van der Waals surface area contributed by atoms with Gasteiger partial charge in [-0.3, -0.25) is 4.79 Å². The van der Waals surface area contributed by atoms with Crippen LogP contribution in [0.3, 0.4) is 0 Å². The van der Waals surface area contributed by atoms with Crippen LogP contribution >= 0.6 is 0 Å².